The molecule has 2 heterocycles. The largest absolute Gasteiger partial charge is 0.355 e. The molecule has 0 spiro atoms. The fraction of sp³-hybridized carbons (Fsp3) is 0.440. The van der Waals surface area contributed by atoms with Crippen molar-refractivity contribution in [3.63, 3.8) is 0 Å². The Morgan fingerprint density at radius 2 is 1.79 bits per heavy atom. The van der Waals surface area contributed by atoms with Crippen molar-refractivity contribution in [2.24, 2.45) is 28.7 Å². The van der Waals surface area contributed by atoms with Gasteiger partial charge in [0.25, 0.3) is 0 Å². The second-order valence-electron chi connectivity index (χ2n) is 9.15. The van der Waals surface area contributed by atoms with Crippen LogP contribution >= 0.6 is 0 Å². The number of nitrogens with one attached hydrogen (secondary N) is 2. The minimum Gasteiger partial charge on any atom is -0.355 e. The van der Waals surface area contributed by atoms with Crippen molar-refractivity contribution in [2.75, 3.05) is 20.1 Å². The highest BCUT2D eigenvalue weighted by Crippen LogP contribution is 2.52. The lowest BCUT2D eigenvalue weighted by Gasteiger charge is -2.19. The summed E-state index contributed by atoms with van der Waals surface area (Å²) in [4.78, 5) is 31.4. The first-order valence-electron chi connectivity index (χ1n) is 11.6. The van der Waals surface area contributed by atoms with Crippen LogP contribution in [0.3, 0.4) is 0 Å². The van der Waals surface area contributed by atoms with E-state index < -0.39 is 0 Å². The summed E-state index contributed by atoms with van der Waals surface area (Å²) in [5, 5.41) is 11.2. The van der Waals surface area contributed by atoms with Gasteiger partial charge in [-0.15, -0.1) is 0 Å². The molecule has 1 saturated heterocycles. The lowest BCUT2D eigenvalue weighted by Crippen LogP contribution is -2.43. The number of likely N-dealkylation sites (tertiary alicyclic amines) is 1. The molecular weight excluding hydrogens is 416 g/mol. The van der Waals surface area contributed by atoms with Crippen molar-refractivity contribution in [2.45, 2.75) is 26.8 Å². The zero-order valence-corrected chi connectivity index (χ0v) is 19.3. The van der Waals surface area contributed by atoms with Crippen LogP contribution in [0.25, 0.3) is 5.69 Å². The Morgan fingerprint density at radius 1 is 1.09 bits per heavy atom. The van der Waals surface area contributed by atoms with Crippen LogP contribution in [-0.2, 0) is 16.1 Å². The number of para-hydroxylation sites is 1. The maximum atomic E-state index is 12.8. The standard InChI is InChI=1S/C25H30N6O2/c1-15-12-16(2)31(29-15)20-7-5-4-6-19(20)14-28-25(26-3)27-10-11-30-23(32)21-17-8-9-18(13-17)22(21)24(30)33/h4-9,12,17-18,21-22H,10-11,13-14H2,1-3H3,(H2,26,27,28). The van der Waals surface area contributed by atoms with Gasteiger partial charge in [-0.05, 0) is 49.8 Å². The Labute approximate surface area is 193 Å². The van der Waals surface area contributed by atoms with E-state index in [2.05, 4.69) is 51.1 Å². The van der Waals surface area contributed by atoms with Gasteiger partial charge in [0.1, 0.15) is 0 Å². The Morgan fingerprint density at radius 3 is 2.42 bits per heavy atom. The van der Waals surface area contributed by atoms with Gasteiger partial charge in [0, 0.05) is 32.4 Å². The zero-order chi connectivity index (χ0) is 23.1. The fourth-order valence-electron chi connectivity index (χ4n) is 5.61. The Kier molecular flexibility index (Phi) is 5.52. The van der Waals surface area contributed by atoms with Crippen molar-refractivity contribution < 1.29 is 9.59 Å². The topological polar surface area (TPSA) is 91.6 Å². The number of aliphatic imine (C=N–C) groups is 1. The number of aromatic nitrogens is 2. The summed E-state index contributed by atoms with van der Waals surface area (Å²) < 4.78 is 1.95. The average Bonchev–Trinajstić information content (AvgIpc) is 3.56. The van der Waals surface area contributed by atoms with Gasteiger partial charge < -0.3 is 10.6 Å². The molecule has 0 radical (unpaired) electrons. The van der Waals surface area contributed by atoms with Gasteiger partial charge in [-0.1, -0.05) is 30.4 Å². The zero-order valence-electron chi connectivity index (χ0n) is 19.3. The highest BCUT2D eigenvalue weighted by Gasteiger charge is 2.58. The first-order valence-corrected chi connectivity index (χ1v) is 11.6. The molecule has 1 aliphatic heterocycles. The predicted molar refractivity (Wildman–Crippen MR) is 126 cm³/mol. The van der Waals surface area contributed by atoms with Gasteiger partial charge >= 0.3 is 0 Å². The van der Waals surface area contributed by atoms with Gasteiger partial charge in [-0.3, -0.25) is 19.5 Å². The molecule has 8 nitrogen and oxygen atoms in total. The number of guanidine groups is 1. The van der Waals surface area contributed by atoms with E-state index in [0.717, 1.165) is 29.1 Å². The molecule has 2 fully saturated rings. The number of allylic oxidation sites excluding steroid dienone is 2. The first-order chi connectivity index (χ1) is 16.0. The van der Waals surface area contributed by atoms with Crippen LogP contribution in [-0.4, -0.2) is 52.6 Å². The molecule has 5 rings (SSSR count). The van der Waals surface area contributed by atoms with Crippen LogP contribution in [0.2, 0.25) is 0 Å². The van der Waals surface area contributed by atoms with Crippen molar-refractivity contribution in [1.29, 1.82) is 0 Å². The van der Waals surface area contributed by atoms with Gasteiger partial charge in [0.2, 0.25) is 11.8 Å². The molecule has 1 saturated carbocycles. The molecule has 2 aromatic rings. The lowest BCUT2D eigenvalue weighted by atomic mass is 9.85. The Hall–Kier alpha value is -3.42. The Balaban J connectivity index is 1.17. The van der Waals surface area contributed by atoms with Crippen LogP contribution in [0.5, 0.6) is 0 Å². The van der Waals surface area contributed by atoms with Gasteiger partial charge in [-0.25, -0.2) is 4.68 Å². The number of imide groups is 1. The predicted octanol–water partition coefficient (Wildman–Crippen LogP) is 1.96. The number of hydrogen-bond acceptors (Lipinski definition) is 4. The van der Waals surface area contributed by atoms with Crippen LogP contribution in [0.15, 0.2) is 47.5 Å². The molecular formula is C25H30N6O2. The monoisotopic (exact) mass is 446 g/mol. The third kappa shape index (κ3) is 3.73. The molecule has 4 unspecified atom stereocenters. The van der Waals surface area contributed by atoms with E-state index in [4.69, 9.17) is 0 Å². The average molecular weight is 447 g/mol. The molecule has 2 amide bonds. The second-order valence-corrected chi connectivity index (χ2v) is 9.15. The third-order valence-electron chi connectivity index (χ3n) is 7.09. The Bertz CT molecular complexity index is 1120. The molecule has 8 heteroatoms. The molecule has 2 aliphatic carbocycles. The van der Waals surface area contributed by atoms with Crippen LogP contribution in [0, 0.1) is 37.5 Å². The smallest absolute Gasteiger partial charge is 0.233 e. The van der Waals surface area contributed by atoms with E-state index in [-0.39, 0.29) is 35.5 Å². The highest BCUT2D eigenvalue weighted by atomic mass is 16.2. The number of nitrogens with zero attached hydrogens (tertiary/aromatic N) is 4. The molecule has 2 bridgehead atoms. The highest BCUT2D eigenvalue weighted by molar-refractivity contribution is 6.06. The van der Waals surface area contributed by atoms with E-state index >= 15 is 0 Å². The number of rotatable bonds is 6. The van der Waals surface area contributed by atoms with E-state index in [9.17, 15) is 9.59 Å². The number of carbonyl (C=O) groups excluding carboxylic acids is 2. The number of aryl methyl sites for hydroxylation is 2. The number of amides is 2. The van der Waals surface area contributed by atoms with E-state index in [1.54, 1.807) is 7.05 Å². The van der Waals surface area contributed by atoms with Crippen molar-refractivity contribution in [1.82, 2.24) is 25.3 Å². The van der Waals surface area contributed by atoms with Crippen molar-refractivity contribution in [3.8, 4) is 5.69 Å². The molecule has 33 heavy (non-hydrogen) atoms. The summed E-state index contributed by atoms with van der Waals surface area (Å²) in [5.74, 6) is 0.805. The SMILES string of the molecule is CN=C(NCCN1C(=O)C2C3C=CC(C3)C2C1=O)NCc1ccccc1-n1nc(C)cc1C. The van der Waals surface area contributed by atoms with Crippen LogP contribution < -0.4 is 10.6 Å². The summed E-state index contributed by atoms with van der Waals surface area (Å²) in [5.41, 5.74) is 4.17. The molecule has 1 aromatic heterocycles. The first kappa shape index (κ1) is 21.4. The minimum absolute atomic E-state index is 0.00888. The van der Waals surface area contributed by atoms with E-state index in [1.165, 1.54) is 4.90 Å². The van der Waals surface area contributed by atoms with Gasteiger partial charge in [-0.2, -0.15) is 5.10 Å². The number of benzene rings is 1. The van der Waals surface area contributed by atoms with Crippen LogP contribution in [0.4, 0.5) is 0 Å². The number of fused-ring (bicyclic) bond motifs is 5. The summed E-state index contributed by atoms with van der Waals surface area (Å²) >= 11 is 0. The van der Waals surface area contributed by atoms with Crippen molar-refractivity contribution >= 4 is 17.8 Å². The lowest BCUT2D eigenvalue weighted by molar-refractivity contribution is -0.140. The van der Waals surface area contributed by atoms with E-state index in [1.807, 2.05) is 30.7 Å². The maximum Gasteiger partial charge on any atom is 0.233 e. The second kappa shape index (κ2) is 8.50. The van der Waals surface area contributed by atoms with Crippen LogP contribution in [0.1, 0.15) is 23.4 Å². The van der Waals surface area contributed by atoms with Gasteiger partial charge in [0.15, 0.2) is 5.96 Å². The number of carbonyl (C=O) groups is 2. The minimum atomic E-state index is -0.143. The maximum absolute atomic E-state index is 12.8. The molecule has 4 atom stereocenters. The third-order valence-corrected chi connectivity index (χ3v) is 7.09. The molecule has 3 aliphatic rings. The van der Waals surface area contributed by atoms with E-state index in [0.29, 0.717) is 25.6 Å². The quantitative estimate of drug-likeness (QED) is 0.306. The summed E-state index contributed by atoms with van der Waals surface area (Å²) in [7, 11) is 1.71. The summed E-state index contributed by atoms with van der Waals surface area (Å²) in [6.45, 7) is 5.41. The summed E-state index contributed by atoms with van der Waals surface area (Å²) in [6.07, 6.45) is 5.19. The molecule has 172 valence electrons. The van der Waals surface area contributed by atoms with Gasteiger partial charge in [0.05, 0.1) is 23.2 Å². The molecule has 1 aromatic carbocycles. The van der Waals surface area contributed by atoms with Crippen molar-refractivity contribution in [3.05, 3.63) is 59.4 Å². The fourth-order valence-corrected chi connectivity index (χ4v) is 5.61. The molecule has 2 N–H and O–H groups in total. The normalized spacial score (nSPS) is 25.8. The number of hydrogen-bond donors (Lipinski definition) is 2. The summed E-state index contributed by atoms with van der Waals surface area (Å²) in [6, 6.07) is 10.2.